The molecule has 1 aliphatic rings. The van der Waals surface area contributed by atoms with Crippen molar-refractivity contribution in [1.82, 2.24) is 4.90 Å². The second-order valence-electron chi connectivity index (χ2n) is 6.40. The van der Waals surface area contributed by atoms with Crippen LogP contribution in [0.2, 0.25) is 0 Å². The van der Waals surface area contributed by atoms with Gasteiger partial charge in [-0.05, 0) is 18.9 Å². The smallest absolute Gasteiger partial charge is 0.228 e. The summed E-state index contributed by atoms with van der Waals surface area (Å²) in [5, 5.41) is 0. The van der Waals surface area contributed by atoms with E-state index < -0.39 is 0 Å². The minimum atomic E-state index is -0.278. The van der Waals surface area contributed by atoms with E-state index in [-0.39, 0.29) is 11.3 Å². The van der Waals surface area contributed by atoms with E-state index in [0.717, 1.165) is 13.0 Å². The highest BCUT2D eigenvalue weighted by molar-refractivity contribution is 5.82. The van der Waals surface area contributed by atoms with Gasteiger partial charge in [-0.25, -0.2) is 0 Å². The van der Waals surface area contributed by atoms with Crippen molar-refractivity contribution in [2.45, 2.75) is 46.1 Å². The summed E-state index contributed by atoms with van der Waals surface area (Å²) >= 11 is 0. The molecule has 1 amide bonds. The topological polar surface area (TPSA) is 20.3 Å². The highest BCUT2D eigenvalue weighted by atomic mass is 16.2. The zero-order valence-electron chi connectivity index (χ0n) is 11.8. The van der Waals surface area contributed by atoms with Crippen LogP contribution in [0.15, 0.2) is 30.3 Å². The molecule has 2 unspecified atom stereocenters. The summed E-state index contributed by atoms with van der Waals surface area (Å²) in [5.74, 6) is 0.765. The Morgan fingerprint density at radius 1 is 1.22 bits per heavy atom. The maximum absolute atomic E-state index is 12.4. The van der Waals surface area contributed by atoms with Crippen LogP contribution in [-0.4, -0.2) is 23.4 Å². The second kappa shape index (κ2) is 4.75. The van der Waals surface area contributed by atoms with Gasteiger partial charge in [0.15, 0.2) is 0 Å². The lowest BCUT2D eigenvalue weighted by Gasteiger charge is -2.29. The molecule has 1 aliphatic heterocycles. The molecule has 18 heavy (non-hydrogen) atoms. The summed E-state index contributed by atoms with van der Waals surface area (Å²) in [4.78, 5) is 14.4. The Kier molecular flexibility index (Phi) is 3.47. The van der Waals surface area contributed by atoms with Gasteiger partial charge in [-0.2, -0.15) is 0 Å². The fraction of sp³-hybridized carbons (Fsp3) is 0.562. The Morgan fingerprint density at radius 2 is 1.83 bits per heavy atom. The van der Waals surface area contributed by atoms with Crippen LogP contribution in [0.25, 0.3) is 0 Å². The predicted octanol–water partition coefficient (Wildman–Crippen LogP) is 3.44. The van der Waals surface area contributed by atoms with E-state index >= 15 is 0 Å². The molecule has 0 bridgehead atoms. The zero-order chi connectivity index (χ0) is 13.3. The monoisotopic (exact) mass is 245 g/mol. The third kappa shape index (κ3) is 2.58. The van der Waals surface area contributed by atoms with E-state index in [0.29, 0.717) is 12.0 Å². The van der Waals surface area contributed by atoms with E-state index in [2.05, 4.69) is 36.1 Å². The molecular weight excluding hydrogens is 222 g/mol. The highest BCUT2D eigenvalue weighted by Gasteiger charge is 2.37. The molecule has 2 rings (SSSR count). The minimum absolute atomic E-state index is 0.272. The first kappa shape index (κ1) is 13.1. The largest absolute Gasteiger partial charge is 0.339 e. The normalized spacial score (nSPS) is 24.3. The summed E-state index contributed by atoms with van der Waals surface area (Å²) in [6.07, 6.45) is 1.08. The first-order valence-corrected chi connectivity index (χ1v) is 6.75. The van der Waals surface area contributed by atoms with Crippen molar-refractivity contribution in [2.24, 2.45) is 5.41 Å². The summed E-state index contributed by atoms with van der Waals surface area (Å²) in [6.45, 7) is 9.02. The van der Waals surface area contributed by atoms with Gasteiger partial charge in [0.05, 0.1) is 0 Å². The van der Waals surface area contributed by atoms with Gasteiger partial charge in [-0.1, -0.05) is 51.1 Å². The van der Waals surface area contributed by atoms with E-state index in [1.165, 1.54) is 5.56 Å². The van der Waals surface area contributed by atoms with Crippen LogP contribution in [0, 0.1) is 5.41 Å². The van der Waals surface area contributed by atoms with Gasteiger partial charge in [-0.15, -0.1) is 0 Å². The van der Waals surface area contributed by atoms with Crippen LogP contribution in [-0.2, 0) is 4.79 Å². The maximum Gasteiger partial charge on any atom is 0.228 e. The molecule has 0 radical (unpaired) electrons. The summed E-state index contributed by atoms with van der Waals surface area (Å²) in [6, 6.07) is 10.9. The van der Waals surface area contributed by atoms with E-state index in [4.69, 9.17) is 0 Å². The summed E-state index contributed by atoms with van der Waals surface area (Å²) in [7, 11) is 0. The quantitative estimate of drug-likeness (QED) is 0.742. The Labute approximate surface area is 110 Å². The van der Waals surface area contributed by atoms with Crippen LogP contribution >= 0.6 is 0 Å². The van der Waals surface area contributed by atoms with E-state index in [1.54, 1.807) is 0 Å². The van der Waals surface area contributed by atoms with Gasteiger partial charge in [0.25, 0.3) is 0 Å². The lowest BCUT2D eigenvalue weighted by Crippen LogP contribution is -2.41. The first-order valence-electron chi connectivity index (χ1n) is 6.75. The van der Waals surface area contributed by atoms with Crippen molar-refractivity contribution in [1.29, 1.82) is 0 Å². The number of hydrogen-bond acceptors (Lipinski definition) is 1. The number of likely N-dealkylation sites (tertiary alicyclic amines) is 1. The Morgan fingerprint density at radius 3 is 2.39 bits per heavy atom. The van der Waals surface area contributed by atoms with Crippen molar-refractivity contribution < 1.29 is 4.79 Å². The van der Waals surface area contributed by atoms with Gasteiger partial charge in [-0.3, -0.25) is 4.79 Å². The number of carbonyl (C=O) groups excluding carboxylic acids is 1. The molecule has 0 saturated carbocycles. The number of rotatable bonds is 1. The molecule has 1 fully saturated rings. The molecule has 2 atom stereocenters. The van der Waals surface area contributed by atoms with Crippen molar-refractivity contribution in [3.8, 4) is 0 Å². The van der Waals surface area contributed by atoms with Gasteiger partial charge >= 0.3 is 0 Å². The third-order valence-corrected chi connectivity index (χ3v) is 3.75. The lowest BCUT2D eigenvalue weighted by atomic mass is 9.94. The van der Waals surface area contributed by atoms with Crippen molar-refractivity contribution in [3.05, 3.63) is 35.9 Å². The molecule has 1 aromatic rings. The Bertz CT molecular complexity index is 418. The SMILES string of the molecule is CC1CC(c2ccccc2)CN1C(=O)C(C)(C)C. The molecule has 0 aliphatic carbocycles. The number of hydrogen-bond donors (Lipinski definition) is 0. The van der Waals surface area contributed by atoms with Gasteiger partial charge in [0, 0.05) is 23.9 Å². The van der Waals surface area contributed by atoms with Crippen LogP contribution in [0.4, 0.5) is 0 Å². The van der Waals surface area contributed by atoms with Crippen LogP contribution in [0.5, 0.6) is 0 Å². The molecule has 0 spiro atoms. The van der Waals surface area contributed by atoms with Gasteiger partial charge in [0.2, 0.25) is 5.91 Å². The van der Waals surface area contributed by atoms with Crippen molar-refractivity contribution >= 4 is 5.91 Å². The maximum atomic E-state index is 12.4. The molecule has 2 heteroatoms. The van der Waals surface area contributed by atoms with E-state index in [9.17, 15) is 4.79 Å². The van der Waals surface area contributed by atoms with Crippen LogP contribution in [0.1, 0.15) is 45.6 Å². The molecule has 98 valence electrons. The molecule has 1 aromatic carbocycles. The summed E-state index contributed by atoms with van der Waals surface area (Å²) in [5.41, 5.74) is 1.08. The molecule has 0 aromatic heterocycles. The molecule has 2 nitrogen and oxygen atoms in total. The molecule has 1 saturated heterocycles. The van der Waals surface area contributed by atoms with Gasteiger partial charge < -0.3 is 4.90 Å². The molecule has 1 heterocycles. The number of benzene rings is 1. The lowest BCUT2D eigenvalue weighted by molar-refractivity contribution is -0.140. The minimum Gasteiger partial charge on any atom is -0.339 e. The molecule has 0 N–H and O–H groups in total. The van der Waals surface area contributed by atoms with Crippen LogP contribution < -0.4 is 0 Å². The zero-order valence-corrected chi connectivity index (χ0v) is 11.8. The standard InChI is InChI=1S/C16H23NO/c1-12-10-14(13-8-6-5-7-9-13)11-17(12)15(18)16(2,3)4/h5-9,12,14H,10-11H2,1-4H3. The average molecular weight is 245 g/mol. The van der Waals surface area contributed by atoms with Crippen molar-refractivity contribution in [2.75, 3.05) is 6.54 Å². The first-order chi connectivity index (χ1) is 8.39. The van der Waals surface area contributed by atoms with Gasteiger partial charge in [0.1, 0.15) is 0 Å². The fourth-order valence-corrected chi connectivity index (χ4v) is 2.71. The number of nitrogens with zero attached hydrogens (tertiary/aromatic N) is 1. The highest BCUT2D eigenvalue weighted by Crippen LogP contribution is 2.34. The van der Waals surface area contributed by atoms with Crippen molar-refractivity contribution in [3.63, 3.8) is 0 Å². The number of amides is 1. The summed E-state index contributed by atoms with van der Waals surface area (Å²) < 4.78 is 0. The number of carbonyl (C=O) groups is 1. The Hall–Kier alpha value is -1.31. The predicted molar refractivity (Wildman–Crippen MR) is 74.4 cm³/mol. The van der Waals surface area contributed by atoms with E-state index in [1.807, 2.05) is 26.8 Å². The third-order valence-electron chi connectivity index (χ3n) is 3.75. The average Bonchev–Trinajstić information content (AvgIpc) is 2.70. The van der Waals surface area contributed by atoms with Crippen LogP contribution in [0.3, 0.4) is 0 Å². The second-order valence-corrected chi connectivity index (χ2v) is 6.40. The molecular formula is C16H23NO. The fourth-order valence-electron chi connectivity index (χ4n) is 2.71. The Balaban J connectivity index is 2.13.